The lowest BCUT2D eigenvalue weighted by atomic mass is 10.0. The van der Waals surface area contributed by atoms with Gasteiger partial charge in [0.15, 0.2) is 0 Å². The van der Waals surface area contributed by atoms with E-state index in [4.69, 9.17) is 5.11 Å². The normalized spacial score (nSPS) is 18.4. The second-order valence-corrected chi connectivity index (χ2v) is 4.62. The van der Waals surface area contributed by atoms with Gasteiger partial charge in [-0.3, -0.25) is 0 Å². The van der Waals surface area contributed by atoms with Crippen molar-refractivity contribution in [3.8, 4) is 0 Å². The van der Waals surface area contributed by atoms with E-state index in [0.717, 1.165) is 25.7 Å². The Morgan fingerprint density at radius 1 is 1.44 bits per heavy atom. The number of carbonyl (C=O) groups excluding carboxylic acids is 1. The molecule has 0 radical (unpaired) electrons. The standard InChI is InChI=1S/C12H24N2O2/c1-2-10(7-8-15)9-13-12(16)14-11-5-3-4-6-11/h10-11,15H,2-9H2,1H3,(H2,13,14,16). The molecule has 94 valence electrons. The van der Waals surface area contributed by atoms with Crippen molar-refractivity contribution in [1.82, 2.24) is 10.6 Å². The van der Waals surface area contributed by atoms with Gasteiger partial charge >= 0.3 is 6.03 Å². The van der Waals surface area contributed by atoms with Crippen molar-refractivity contribution < 1.29 is 9.90 Å². The SMILES string of the molecule is CCC(CCO)CNC(=O)NC1CCCC1. The van der Waals surface area contributed by atoms with Crippen molar-refractivity contribution in [2.45, 2.75) is 51.5 Å². The molecule has 1 saturated carbocycles. The number of hydrogen-bond donors (Lipinski definition) is 3. The minimum absolute atomic E-state index is 0.0525. The number of aliphatic hydroxyl groups excluding tert-OH is 1. The van der Waals surface area contributed by atoms with Gasteiger partial charge in [0.05, 0.1) is 0 Å². The second kappa shape index (κ2) is 7.49. The molecular weight excluding hydrogens is 204 g/mol. The molecule has 1 fully saturated rings. The van der Waals surface area contributed by atoms with Crippen molar-refractivity contribution in [2.24, 2.45) is 5.92 Å². The topological polar surface area (TPSA) is 61.4 Å². The van der Waals surface area contributed by atoms with E-state index in [0.29, 0.717) is 18.5 Å². The van der Waals surface area contributed by atoms with Crippen molar-refractivity contribution in [3.05, 3.63) is 0 Å². The van der Waals surface area contributed by atoms with Gasteiger partial charge in [-0.15, -0.1) is 0 Å². The van der Waals surface area contributed by atoms with Crippen LogP contribution < -0.4 is 10.6 Å². The first-order chi connectivity index (χ1) is 7.76. The van der Waals surface area contributed by atoms with Gasteiger partial charge in [-0.05, 0) is 25.2 Å². The molecular formula is C12H24N2O2. The van der Waals surface area contributed by atoms with Crippen LogP contribution in [0.2, 0.25) is 0 Å². The average molecular weight is 228 g/mol. The van der Waals surface area contributed by atoms with Crippen LogP contribution in [-0.4, -0.2) is 30.3 Å². The van der Waals surface area contributed by atoms with Crippen LogP contribution in [0, 0.1) is 5.92 Å². The number of amides is 2. The third-order valence-electron chi connectivity index (χ3n) is 3.36. The van der Waals surface area contributed by atoms with Crippen LogP contribution >= 0.6 is 0 Å². The molecule has 0 aromatic carbocycles. The molecule has 0 bridgehead atoms. The number of carbonyl (C=O) groups is 1. The molecule has 0 spiro atoms. The Morgan fingerprint density at radius 2 is 2.12 bits per heavy atom. The fourth-order valence-electron chi connectivity index (χ4n) is 2.18. The largest absolute Gasteiger partial charge is 0.396 e. The van der Waals surface area contributed by atoms with Crippen molar-refractivity contribution in [2.75, 3.05) is 13.2 Å². The number of rotatable bonds is 6. The molecule has 1 unspecified atom stereocenters. The van der Waals surface area contributed by atoms with E-state index in [-0.39, 0.29) is 12.6 Å². The third-order valence-corrected chi connectivity index (χ3v) is 3.36. The highest BCUT2D eigenvalue weighted by atomic mass is 16.3. The summed E-state index contributed by atoms with van der Waals surface area (Å²) >= 11 is 0. The zero-order valence-electron chi connectivity index (χ0n) is 10.2. The zero-order chi connectivity index (χ0) is 11.8. The predicted octanol–water partition coefficient (Wildman–Crippen LogP) is 1.64. The van der Waals surface area contributed by atoms with Crippen LogP contribution in [0.4, 0.5) is 4.79 Å². The molecule has 1 atom stereocenters. The summed E-state index contributed by atoms with van der Waals surface area (Å²) in [4.78, 5) is 11.5. The molecule has 3 N–H and O–H groups in total. The highest BCUT2D eigenvalue weighted by Crippen LogP contribution is 2.17. The average Bonchev–Trinajstić information content (AvgIpc) is 2.76. The summed E-state index contributed by atoms with van der Waals surface area (Å²) in [5.74, 6) is 0.388. The lowest BCUT2D eigenvalue weighted by molar-refractivity contribution is 0.228. The van der Waals surface area contributed by atoms with Gasteiger partial charge in [0.25, 0.3) is 0 Å². The minimum Gasteiger partial charge on any atom is -0.396 e. The van der Waals surface area contributed by atoms with E-state index >= 15 is 0 Å². The van der Waals surface area contributed by atoms with Gasteiger partial charge < -0.3 is 15.7 Å². The number of nitrogens with one attached hydrogen (secondary N) is 2. The molecule has 2 amide bonds. The third kappa shape index (κ3) is 4.84. The first kappa shape index (κ1) is 13.3. The fraction of sp³-hybridized carbons (Fsp3) is 0.917. The minimum atomic E-state index is -0.0525. The molecule has 0 aromatic heterocycles. The van der Waals surface area contributed by atoms with Gasteiger partial charge in [-0.25, -0.2) is 4.79 Å². The zero-order valence-corrected chi connectivity index (χ0v) is 10.2. The van der Waals surface area contributed by atoms with Gasteiger partial charge in [-0.1, -0.05) is 26.2 Å². The van der Waals surface area contributed by atoms with Crippen LogP contribution in [0.25, 0.3) is 0 Å². The van der Waals surface area contributed by atoms with E-state index in [1.165, 1.54) is 12.8 Å². The fourth-order valence-corrected chi connectivity index (χ4v) is 2.18. The Balaban J connectivity index is 2.12. The van der Waals surface area contributed by atoms with Crippen molar-refractivity contribution in [1.29, 1.82) is 0 Å². The molecule has 0 aromatic rings. The van der Waals surface area contributed by atoms with Crippen LogP contribution in [0.3, 0.4) is 0 Å². The Kier molecular flexibility index (Phi) is 6.23. The van der Waals surface area contributed by atoms with E-state index in [2.05, 4.69) is 17.6 Å². The summed E-state index contributed by atoms with van der Waals surface area (Å²) in [6.45, 7) is 2.94. The maximum Gasteiger partial charge on any atom is 0.315 e. The lowest BCUT2D eigenvalue weighted by Crippen LogP contribution is -2.42. The van der Waals surface area contributed by atoms with E-state index in [1.807, 2.05) is 0 Å². The van der Waals surface area contributed by atoms with Crippen LogP contribution in [0.15, 0.2) is 0 Å². The molecule has 16 heavy (non-hydrogen) atoms. The van der Waals surface area contributed by atoms with Crippen molar-refractivity contribution >= 4 is 6.03 Å². The number of aliphatic hydroxyl groups is 1. The molecule has 4 nitrogen and oxygen atoms in total. The Morgan fingerprint density at radius 3 is 2.69 bits per heavy atom. The number of urea groups is 1. The summed E-state index contributed by atoms with van der Waals surface area (Å²) in [5, 5.41) is 14.7. The smallest absolute Gasteiger partial charge is 0.315 e. The lowest BCUT2D eigenvalue weighted by Gasteiger charge is -2.17. The highest BCUT2D eigenvalue weighted by Gasteiger charge is 2.17. The first-order valence-corrected chi connectivity index (χ1v) is 6.41. The molecule has 1 rings (SSSR count). The number of hydrogen-bond acceptors (Lipinski definition) is 2. The van der Waals surface area contributed by atoms with E-state index < -0.39 is 0 Å². The maximum atomic E-state index is 11.5. The molecule has 4 heteroatoms. The summed E-state index contributed by atoms with van der Waals surface area (Å²) in [6.07, 6.45) is 6.44. The second-order valence-electron chi connectivity index (χ2n) is 4.62. The van der Waals surface area contributed by atoms with Gasteiger partial charge in [0, 0.05) is 19.2 Å². The van der Waals surface area contributed by atoms with Crippen molar-refractivity contribution in [3.63, 3.8) is 0 Å². The van der Waals surface area contributed by atoms with Crippen LogP contribution in [0.5, 0.6) is 0 Å². The predicted molar refractivity (Wildman–Crippen MR) is 64.3 cm³/mol. The molecule has 0 heterocycles. The van der Waals surface area contributed by atoms with Gasteiger partial charge in [0.2, 0.25) is 0 Å². The molecule has 1 aliphatic rings. The summed E-state index contributed by atoms with van der Waals surface area (Å²) in [7, 11) is 0. The monoisotopic (exact) mass is 228 g/mol. The molecule has 0 aliphatic heterocycles. The van der Waals surface area contributed by atoms with Gasteiger partial charge in [0.1, 0.15) is 0 Å². The van der Waals surface area contributed by atoms with Gasteiger partial charge in [-0.2, -0.15) is 0 Å². The first-order valence-electron chi connectivity index (χ1n) is 6.41. The van der Waals surface area contributed by atoms with E-state index in [9.17, 15) is 4.79 Å². The highest BCUT2D eigenvalue weighted by molar-refractivity contribution is 5.74. The molecule has 1 aliphatic carbocycles. The quantitative estimate of drug-likeness (QED) is 0.647. The maximum absolute atomic E-state index is 11.5. The summed E-state index contributed by atoms with van der Waals surface area (Å²) < 4.78 is 0. The Hall–Kier alpha value is -0.770. The Labute approximate surface area is 97.8 Å². The molecule has 0 saturated heterocycles. The summed E-state index contributed by atoms with van der Waals surface area (Å²) in [5.41, 5.74) is 0. The van der Waals surface area contributed by atoms with E-state index in [1.54, 1.807) is 0 Å². The summed E-state index contributed by atoms with van der Waals surface area (Å²) in [6, 6.07) is 0.321. The van der Waals surface area contributed by atoms with Crippen LogP contribution in [0.1, 0.15) is 45.4 Å². The Bertz CT molecular complexity index is 203. The van der Waals surface area contributed by atoms with Crippen LogP contribution in [-0.2, 0) is 0 Å².